The smallest absolute Gasteiger partial charge is 0.143 e. The molecule has 0 aliphatic rings. The third kappa shape index (κ3) is 1.97. The van der Waals surface area contributed by atoms with E-state index < -0.39 is 5.82 Å². The van der Waals surface area contributed by atoms with Crippen LogP contribution in [-0.4, -0.2) is 0 Å². The highest BCUT2D eigenvalue weighted by Crippen LogP contribution is 2.28. The van der Waals surface area contributed by atoms with Crippen molar-refractivity contribution in [2.24, 2.45) is 5.73 Å². The summed E-state index contributed by atoms with van der Waals surface area (Å²) in [6, 6.07) is 2.88. The van der Waals surface area contributed by atoms with Crippen molar-refractivity contribution >= 4 is 27.5 Å². The lowest BCUT2D eigenvalue weighted by Crippen LogP contribution is -2.05. The van der Waals surface area contributed by atoms with Crippen molar-refractivity contribution in [3.05, 3.63) is 33.0 Å². The fourth-order valence-electron chi connectivity index (χ4n) is 0.838. The maximum Gasteiger partial charge on any atom is 0.143 e. The minimum atomic E-state index is -0.446. The van der Waals surface area contributed by atoms with Gasteiger partial charge in [0, 0.05) is 10.5 Å². The van der Waals surface area contributed by atoms with E-state index in [9.17, 15) is 4.39 Å². The van der Waals surface area contributed by atoms with E-state index in [0.29, 0.717) is 4.47 Å². The molecular weight excluding hydrogens is 244 g/mol. The average Bonchev–Trinajstić information content (AvgIpc) is 1.99. The van der Waals surface area contributed by atoms with E-state index in [4.69, 9.17) is 17.3 Å². The minimum absolute atomic E-state index is 0.0967. The summed E-state index contributed by atoms with van der Waals surface area (Å²) in [5.41, 5.74) is 6.30. The van der Waals surface area contributed by atoms with Crippen LogP contribution in [0.5, 0.6) is 0 Å². The second-order valence-corrected chi connectivity index (χ2v) is 3.82. The number of rotatable bonds is 1. The zero-order valence-corrected chi connectivity index (χ0v) is 8.79. The highest BCUT2D eigenvalue weighted by atomic mass is 79.9. The second kappa shape index (κ2) is 3.73. The lowest BCUT2D eigenvalue weighted by atomic mass is 10.1. The van der Waals surface area contributed by atoms with Gasteiger partial charge in [0.2, 0.25) is 0 Å². The molecule has 0 spiro atoms. The molecule has 1 rings (SSSR count). The quantitative estimate of drug-likeness (QED) is 0.763. The Hall–Kier alpha value is -0.120. The van der Waals surface area contributed by atoms with Crippen molar-refractivity contribution in [2.75, 3.05) is 0 Å². The molecule has 0 aliphatic carbocycles. The van der Waals surface area contributed by atoms with Crippen LogP contribution in [0.15, 0.2) is 16.6 Å². The summed E-state index contributed by atoms with van der Waals surface area (Å²) >= 11 is 8.73. The van der Waals surface area contributed by atoms with Crippen LogP contribution in [0.2, 0.25) is 5.02 Å². The average molecular weight is 253 g/mol. The fraction of sp³-hybridized carbons (Fsp3) is 0.250. The molecule has 0 radical (unpaired) electrons. The van der Waals surface area contributed by atoms with E-state index in [2.05, 4.69) is 15.9 Å². The molecule has 1 nitrogen and oxygen atoms in total. The van der Waals surface area contributed by atoms with Gasteiger partial charge in [-0.1, -0.05) is 11.6 Å². The van der Waals surface area contributed by atoms with Crippen molar-refractivity contribution in [3.63, 3.8) is 0 Å². The summed E-state index contributed by atoms with van der Waals surface area (Å²) in [5.74, 6) is -0.446. The van der Waals surface area contributed by atoms with Gasteiger partial charge in [-0.05, 0) is 40.5 Å². The molecule has 0 saturated heterocycles. The van der Waals surface area contributed by atoms with Crippen molar-refractivity contribution in [1.82, 2.24) is 0 Å². The van der Waals surface area contributed by atoms with Gasteiger partial charge >= 0.3 is 0 Å². The van der Waals surface area contributed by atoms with Crippen LogP contribution in [0.25, 0.3) is 0 Å². The van der Waals surface area contributed by atoms with Crippen molar-refractivity contribution in [3.8, 4) is 0 Å². The molecule has 0 heterocycles. The molecule has 0 bridgehead atoms. The molecule has 1 atom stereocenters. The molecule has 12 heavy (non-hydrogen) atoms. The molecule has 1 aromatic rings. The molecule has 66 valence electrons. The molecule has 1 unspecified atom stereocenters. The summed E-state index contributed by atoms with van der Waals surface area (Å²) in [6.45, 7) is 1.79. The van der Waals surface area contributed by atoms with Gasteiger partial charge < -0.3 is 5.73 Å². The number of hydrogen-bond donors (Lipinski definition) is 1. The lowest BCUT2D eigenvalue weighted by Gasteiger charge is -2.07. The maximum atomic E-state index is 13.0. The summed E-state index contributed by atoms with van der Waals surface area (Å²) in [5, 5.41) is 0.0967. The Bertz CT molecular complexity index is 278. The Morgan fingerprint density at radius 3 is 2.58 bits per heavy atom. The van der Waals surface area contributed by atoms with Crippen molar-refractivity contribution < 1.29 is 4.39 Å². The van der Waals surface area contributed by atoms with Gasteiger partial charge in [-0.25, -0.2) is 4.39 Å². The van der Waals surface area contributed by atoms with Crippen molar-refractivity contribution in [2.45, 2.75) is 13.0 Å². The Morgan fingerprint density at radius 1 is 1.58 bits per heavy atom. The highest BCUT2D eigenvalue weighted by Gasteiger charge is 2.08. The molecule has 2 N–H and O–H groups in total. The van der Waals surface area contributed by atoms with Crippen LogP contribution in [0, 0.1) is 5.82 Å². The molecule has 0 aromatic heterocycles. The molecule has 0 saturated carbocycles. The largest absolute Gasteiger partial charge is 0.324 e. The van der Waals surface area contributed by atoms with Crippen LogP contribution >= 0.6 is 27.5 Å². The normalized spacial score (nSPS) is 13.1. The second-order valence-electron chi connectivity index (χ2n) is 2.59. The van der Waals surface area contributed by atoms with Crippen molar-refractivity contribution in [1.29, 1.82) is 0 Å². The lowest BCUT2D eigenvalue weighted by molar-refractivity contribution is 0.622. The predicted molar refractivity (Wildman–Crippen MR) is 51.7 cm³/mol. The number of benzene rings is 1. The van der Waals surface area contributed by atoms with Gasteiger partial charge in [0.05, 0.1) is 5.02 Å². The summed E-state index contributed by atoms with van der Waals surface area (Å²) in [7, 11) is 0. The van der Waals surface area contributed by atoms with Gasteiger partial charge in [0.15, 0.2) is 0 Å². The van der Waals surface area contributed by atoms with Gasteiger partial charge in [-0.15, -0.1) is 0 Å². The molecule has 1 aromatic carbocycles. The standard InChI is InChI=1S/C8H8BrClFN/c1-4(12)5-2-6(9)8(10)7(11)3-5/h2-4H,12H2,1H3. The Balaban J connectivity index is 3.21. The summed E-state index contributed by atoms with van der Waals surface area (Å²) in [6.07, 6.45) is 0. The van der Waals surface area contributed by atoms with Gasteiger partial charge in [-0.2, -0.15) is 0 Å². The van der Waals surface area contributed by atoms with Crippen LogP contribution in [-0.2, 0) is 0 Å². The van der Waals surface area contributed by atoms with Crippen LogP contribution in [0.4, 0.5) is 4.39 Å². The Labute approximate surface area is 83.8 Å². The van der Waals surface area contributed by atoms with E-state index >= 15 is 0 Å². The van der Waals surface area contributed by atoms with E-state index in [1.54, 1.807) is 13.0 Å². The third-order valence-corrected chi connectivity index (χ3v) is 2.77. The van der Waals surface area contributed by atoms with E-state index in [1.165, 1.54) is 6.07 Å². The predicted octanol–water partition coefficient (Wildman–Crippen LogP) is 3.26. The Kier molecular flexibility index (Phi) is 3.09. The SMILES string of the molecule is CC(N)c1cc(F)c(Cl)c(Br)c1. The van der Waals surface area contributed by atoms with E-state index in [-0.39, 0.29) is 11.1 Å². The van der Waals surface area contributed by atoms with Crippen LogP contribution in [0.3, 0.4) is 0 Å². The zero-order valence-electron chi connectivity index (χ0n) is 6.44. The number of halogens is 3. The number of hydrogen-bond acceptors (Lipinski definition) is 1. The topological polar surface area (TPSA) is 26.0 Å². The first kappa shape index (κ1) is 9.96. The first-order valence-electron chi connectivity index (χ1n) is 3.42. The zero-order chi connectivity index (χ0) is 9.30. The van der Waals surface area contributed by atoms with Gasteiger partial charge in [0.1, 0.15) is 5.82 Å². The fourth-order valence-corrected chi connectivity index (χ4v) is 1.40. The van der Waals surface area contributed by atoms with Crippen LogP contribution < -0.4 is 5.73 Å². The molecular formula is C8H8BrClFN. The monoisotopic (exact) mass is 251 g/mol. The molecule has 0 fully saturated rings. The third-order valence-electron chi connectivity index (χ3n) is 1.53. The first-order chi connectivity index (χ1) is 5.52. The first-order valence-corrected chi connectivity index (χ1v) is 4.59. The Morgan fingerprint density at radius 2 is 2.17 bits per heavy atom. The molecule has 4 heteroatoms. The van der Waals surface area contributed by atoms with Crippen LogP contribution in [0.1, 0.15) is 18.5 Å². The number of nitrogens with two attached hydrogens (primary N) is 1. The van der Waals surface area contributed by atoms with Gasteiger partial charge in [-0.3, -0.25) is 0 Å². The van der Waals surface area contributed by atoms with E-state index in [1.807, 2.05) is 0 Å². The molecule has 0 amide bonds. The summed E-state index contributed by atoms with van der Waals surface area (Å²) in [4.78, 5) is 0. The van der Waals surface area contributed by atoms with Gasteiger partial charge in [0.25, 0.3) is 0 Å². The van der Waals surface area contributed by atoms with E-state index in [0.717, 1.165) is 5.56 Å². The maximum absolute atomic E-state index is 13.0. The highest BCUT2D eigenvalue weighted by molar-refractivity contribution is 9.10. The summed E-state index contributed by atoms with van der Waals surface area (Å²) < 4.78 is 13.5. The minimum Gasteiger partial charge on any atom is -0.324 e. The molecule has 0 aliphatic heterocycles.